The molecule has 4 nitrogen and oxygen atoms in total. The van der Waals surface area contributed by atoms with Gasteiger partial charge in [-0.15, -0.1) is 0 Å². The third-order valence-electron chi connectivity index (χ3n) is 4.64. The first-order chi connectivity index (χ1) is 13.0. The zero-order valence-electron chi connectivity index (χ0n) is 15.9. The van der Waals surface area contributed by atoms with Crippen LogP contribution < -0.4 is 0 Å². The highest BCUT2D eigenvalue weighted by molar-refractivity contribution is 6.01. The number of hydrogen-bond donors (Lipinski definition) is 0. The molecule has 2 aromatic carbocycles. The highest BCUT2D eigenvalue weighted by atomic mass is 16.5. The third kappa shape index (κ3) is 4.22. The van der Waals surface area contributed by atoms with Crippen LogP contribution in [0.3, 0.4) is 0 Å². The van der Waals surface area contributed by atoms with Crippen molar-refractivity contribution in [3.63, 3.8) is 0 Å². The molecule has 0 aliphatic carbocycles. The molecule has 0 amide bonds. The highest BCUT2D eigenvalue weighted by Crippen LogP contribution is 2.30. The van der Waals surface area contributed by atoms with Gasteiger partial charge in [-0.2, -0.15) is 0 Å². The predicted molar refractivity (Wildman–Crippen MR) is 107 cm³/mol. The Balaban J connectivity index is 2.05. The number of rotatable bonds is 6. The summed E-state index contributed by atoms with van der Waals surface area (Å²) in [7, 11) is 0. The fourth-order valence-electron chi connectivity index (χ4n) is 3.17. The van der Waals surface area contributed by atoms with E-state index in [0.29, 0.717) is 25.1 Å². The number of benzene rings is 2. The van der Waals surface area contributed by atoms with Gasteiger partial charge >= 0.3 is 5.97 Å². The molecular formula is C23H23NO3. The summed E-state index contributed by atoms with van der Waals surface area (Å²) in [4.78, 5) is 28.1. The average molecular weight is 361 g/mol. The average Bonchev–Trinajstić information content (AvgIpc) is 2.66. The maximum Gasteiger partial charge on any atom is 0.306 e. The van der Waals surface area contributed by atoms with Gasteiger partial charge in [-0.3, -0.25) is 9.59 Å². The number of ether oxygens (including phenoxy) is 1. The van der Waals surface area contributed by atoms with E-state index in [9.17, 15) is 9.59 Å². The molecule has 0 saturated carbocycles. The van der Waals surface area contributed by atoms with Crippen LogP contribution >= 0.6 is 0 Å². The Morgan fingerprint density at radius 2 is 1.85 bits per heavy atom. The zero-order chi connectivity index (χ0) is 19.4. The number of Topliss-reactive ketones (excluding diaryl/α,β-unsaturated/α-hetero) is 1. The second-order valence-corrected chi connectivity index (χ2v) is 6.57. The SMILES string of the molecule is CCOC(=O)CCc1cc(-c2cc(C(C)=O)nc3ccccc23)ccc1C. The molecule has 0 aliphatic rings. The quantitative estimate of drug-likeness (QED) is 0.462. The second kappa shape index (κ2) is 8.12. The van der Waals surface area contributed by atoms with Crippen LogP contribution in [0.5, 0.6) is 0 Å². The lowest BCUT2D eigenvalue weighted by molar-refractivity contribution is -0.143. The van der Waals surface area contributed by atoms with E-state index in [0.717, 1.165) is 33.2 Å². The van der Waals surface area contributed by atoms with Crippen LogP contribution in [0.1, 0.15) is 41.9 Å². The molecule has 3 rings (SSSR count). The molecule has 27 heavy (non-hydrogen) atoms. The van der Waals surface area contributed by atoms with Gasteiger partial charge in [0.25, 0.3) is 0 Å². The summed E-state index contributed by atoms with van der Waals surface area (Å²) in [5.41, 5.74) is 5.48. The Morgan fingerprint density at radius 1 is 1.07 bits per heavy atom. The highest BCUT2D eigenvalue weighted by Gasteiger charge is 2.12. The molecule has 1 aromatic heterocycles. The fourth-order valence-corrected chi connectivity index (χ4v) is 3.17. The number of nitrogens with zero attached hydrogens (tertiary/aromatic N) is 1. The molecule has 1 heterocycles. The van der Waals surface area contributed by atoms with Crippen LogP contribution in [0.2, 0.25) is 0 Å². The van der Waals surface area contributed by atoms with Crippen molar-refractivity contribution >= 4 is 22.7 Å². The standard InChI is InChI=1S/C23H23NO3/c1-4-27-23(26)12-11-17-13-18(10-9-15(17)2)20-14-22(16(3)25)24-21-8-6-5-7-19(20)21/h5-10,13-14H,4,11-12H2,1-3H3. The van der Waals surface area contributed by atoms with Crippen LogP contribution in [0.25, 0.3) is 22.0 Å². The first-order valence-electron chi connectivity index (χ1n) is 9.16. The summed E-state index contributed by atoms with van der Waals surface area (Å²) in [5, 5.41) is 1.00. The van der Waals surface area contributed by atoms with E-state index in [-0.39, 0.29) is 11.8 Å². The summed E-state index contributed by atoms with van der Waals surface area (Å²) in [6.07, 6.45) is 0.981. The van der Waals surface area contributed by atoms with Crippen LogP contribution in [-0.4, -0.2) is 23.3 Å². The van der Waals surface area contributed by atoms with Crippen molar-refractivity contribution in [2.24, 2.45) is 0 Å². The molecule has 138 valence electrons. The maximum atomic E-state index is 11.9. The molecule has 0 spiro atoms. The van der Waals surface area contributed by atoms with E-state index in [4.69, 9.17) is 4.74 Å². The van der Waals surface area contributed by atoms with Crippen molar-refractivity contribution in [1.82, 2.24) is 4.98 Å². The van der Waals surface area contributed by atoms with Gasteiger partial charge in [0.2, 0.25) is 0 Å². The van der Waals surface area contributed by atoms with Gasteiger partial charge in [-0.25, -0.2) is 4.98 Å². The molecule has 0 N–H and O–H groups in total. The van der Waals surface area contributed by atoms with E-state index < -0.39 is 0 Å². The minimum Gasteiger partial charge on any atom is -0.466 e. The number of ketones is 1. The minimum absolute atomic E-state index is 0.0587. The number of pyridine rings is 1. The molecule has 0 bridgehead atoms. The van der Waals surface area contributed by atoms with Crippen LogP contribution in [0, 0.1) is 6.92 Å². The Bertz CT molecular complexity index is 1010. The van der Waals surface area contributed by atoms with Crippen molar-refractivity contribution < 1.29 is 14.3 Å². The molecule has 0 aliphatic heterocycles. The van der Waals surface area contributed by atoms with Crippen molar-refractivity contribution in [2.75, 3.05) is 6.61 Å². The van der Waals surface area contributed by atoms with Crippen molar-refractivity contribution in [2.45, 2.75) is 33.6 Å². The summed E-state index contributed by atoms with van der Waals surface area (Å²) >= 11 is 0. The minimum atomic E-state index is -0.185. The maximum absolute atomic E-state index is 11.9. The van der Waals surface area contributed by atoms with E-state index >= 15 is 0 Å². The number of para-hydroxylation sites is 1. The van der Waals surface area contributed by atoms with Crippen LogP contribution in [-0.2, 0) is 16.0 Å². The number of aryl methyl sites for hydroxylation is 2. The number of hydrogen-bond acceptors (Lipinski definition) is 4. The third-order valence-corrected chi connectivity index (χ3v) is 4.64. The van der Waals surface area contributed by atoms with E-state index in [2.05, 4.69) is 23.2 Å². The van der Waals surface area contributed by atoms with Crippen molar-refractivity contribution in [1.29, 1.82) is 0 Å². The molecule has 0 fully saturated rings. The number of carbonyl (C=O) groups excluding carboxylic acids is 2. The molecule has 0 saturated heterocycles. The summed E-state index contributed by atoms with van der Waals surface area (Å²) < 4.78 is 5.03. The lowest BCUT2D eigenvalue weighted by Gasteiger charge is -2.12. The van der Waals surface area contributed by atoms with E-state index in [1.54, 1.807) is 0 Å². The van der Waals surface area contributed by atoms with E-state index in [1.807, 2.05) is 44.2 Å². The number of fused-ring (bicyclic) bond motifs is 1. The Hall–Kier alpha value is -3.01. The van der Waals surface area contributed by atoms with Gasteiger partial charge in [0.05, 0.1) is 12.1 Å². The lowest BCUT2D eigenvalue weighted by atomic mass is 9.94. The van der Waals surface area contributed by atoms with Crippen molar-refractivity contribution in [3.8, 4) is 11.1 Å². The molecule has 3 aromatic rings. The van der Waals surface area contributed by atoms with Gasteiger partial charge in [0.1, 0.15) is 5.69 Å². The molecular weight excluding hydrogens is 338 g/mol. The van der Waals surface area contributed by atoms with Crippen molar-refractivity contribution in [3.05, 3.63) is 65.4 Å². The van der Waals surface area contributed by atoms with Gasteiger partial charge in [0, 0.05) is 18.7 Å². The summed E-state index contributed by atoms with van der Waals surface area (Å²) in [6, 6.07) is 15.9. The Labute approximate surface area is 159 Å². The second-order valence-electron chi connectivity index (χ2n) is 6.57. The summed E-state index contributed by atoms with van der Waals surface area (Å²) in [6.45, 7) is 5.77. The molecule has 0 unspecified atom stereocenters. The summed E-state index contributed by atoms with van der Waals surface area (Å²) in [5.74, 6) is -0.243. The normalized spacial score (nSPS) is 10.8. The Kier molecular flexibility index (Phi) is 5.65. The number of carbonyl (C=O) groups is 2. The van der Waals surface area contributed by atoms with E-state index in [1.165, 1.54) is 6.92 Å². The monoisotopic (exact) mass is 361 g/mol. The smallest absolute Gasteiger partial charge is 0.306 e. The predicted octanol–water partition coefficient (Wildman–Crippen LogP) is 4.91. The van der Waals surface area contributed by atoms with Gasteiger partial charge in [0.15, 0.2) is 5.78 Å². The van der Waals surface area contributed by atoms with Gasteiger partial charge in [-0.05, 0) is 54.7 Å². The fraction of sp³-hybridized carbons (Fsp3) is 0.261. The van der Waals surface area contributed by atoms with Crippen LogP contribution in [0.4, 0.5) is 0 Å². The Morgan fingerprint density at radius 3 is 2.59 bits per heavy atom. The molecule has 4 heteroatoms. The zero-order valence-corrected chi connectivity index (χ0v) is 15.9. The topological polar surface area (TPSA) is 56.3 Å². The number of aromatic nitrogens is 1. The molecule has 0 radical (unpaired) electrons. The van der Waals surface area contributed by atoms with Gasteiger partial charge < -0.3 is 4.74 Å². The molecule has 0 atom stereocenters. The van der Waals surface area contributed by atoms with Gasteiger partial charge in [-0.1, -0.05) is 36.4 Å². The first-order valence-corrected chi connectivity index (χ1v) is 9.16. The van der Waals surface area contributed by atoms with Crippen LogP contribution in [0.15, 0.2) is 48.5 Å². The lowest BCUT2D eigenvalue weighted by Crippen LogP contribution is -2.06. The largest absolute Gasteiger partial charge is 0.466 e. The number of esters is 1. The first kappa shape index (κ1) is 18.8.